The summed E-state index contributed by atoms with van der Waals surface area (Å²) in [5, 5.41) is 7.20. The van der Waals surface area contributed by atoms with Crippen LogP contribution in [-0.4, -0.2) is 22.5 Å². The highest BCUT2D eigenvalue weighted by Crippen LogP contribution is 2.33. The van der Waals surface area contributed by atoms with Crippen molar-refractivity contribution < 1.29 is 4.79 Å². The van der Waals surface area contributed by atoms with Gasteiger partial charge in [0.1, 0.15) is 5.82 Å². The second kappa shape index (κ2) is 6.54. The van der Waals surface area contributed by atoms with E-state index in [2.05, 4.69) is 20.6 Å². The molecule has 3 rings (SSSR count). The largest absolute Gasteiger partial charge is 0.398 e. The minimum absolute atomic E-state index is 0.283. The van der Waals surface area contributed by atoms with Crippen LogP contribution in [0.25, 0.3) is 21.9 Å². The van der Waals surface area contributed by atoms with Crippen LogP contribution >= 0.6 is 0 Å². The van der Waals surface area contributed by atoms with Gasteiger partial charge in [0.2, 0.25) is 0 Å². The van der Waals surface area contributed by atoms with Gasteiger partial charge in [-0.1, -0.05) is 6.07 Å². The van der Waals surface area contributed by atoms with Gasteiger partial charge in [-0.3, -0.25) is 10.3 Å². The molecule has 0 aliphatic rings. The summed E-state index contributed by atoms with van der Waals surface area (Å²) in [7, 11) is 0. The second-order valence-electron chi connectivity index (χ2n) is 5.49. The van der Waals surface area contributed by atoms with Crippen molar-refractivity contribution in [2.75, 3.05) is 17.6 Å². The number of pyridine rings is 2. The molecule has 6 nitrogen and oxygen atoms in total. The Bertz CT molecular complexity index is 907. The number of carbonyl (C=O) groups is 1. The van der Waals surface area contributed by atoms with Gasteiger partial charge in [-0.15, -0.1) is 0 Å². The second-order valence-corrected chi connectivity index (χ2v) is 5.49. The monoisotopic (exact) mass is 321 g/mol. The maximum Gasteiger partial charge on any atom is 0.320 e. The molecule has 2 heterocycles. The molecule has 0 bridgehead atoms. The molecular weight excluding hydrogens is 302 g/mol. The van der Waals surface area contributed by atoms with E-state index < -0.39 is 0 Å². The summed E-state index contributed by atoms with van der Waals surface area (Å²) in [6, 6.07) is 9.37. The number of nitrogens with zero attached hydrogens (tertiary/aromatic N) is 2. The number of nitrogens with two attached hydrogens (primary N) is 1. The number of rotatable bonds is 3. The zero-order valence-corrected chi connectivity index (χ0v) is 13.6. The first-order valence-electron chi connectivity index (χ1n) is 7.74. The van der Waals surface area contributed by atoms with Crippen molar-refractivity contribution >= 4 is 28.3 Å². The van der Waals surface area contributed by atoms with Gasteiger partial charge in [0, 0.05) is 35.7 Å². The Morgan fingerprint density at radius 3 is 2.75 bits per heavy atom. The van der Waals surface area contributed by atoms with Crippen molar-refractivity contribution in [2.45, 2.75) is 13.8 Å². The fourth-order valence-corrected chi connectivity index (χ4v) is 2.62. The number of anilines is 2. The average molecular weight is 321 g/mol. The molecular formula is C18H19N5O. The number of aromatic nitrogens is 2. The van der Waals surface area contributed by atoms with Gasteiger partial charge in [-0.25, -0.2) is 9.78 Å². The van der Waals surface area contributed by atoms with Crippen LogP contribution in [0.2, 0.25) is 0 Å². The van der Waals surface area contributed by atoms with E-state index in [0.717, 1.165) is 27.6 Å². The van der Waals surface area contributed by atoms with Crippen LogP contribution in [0.5, 0.6) is 0 Å². The third-order valence-corrected chi connectivity index (χ3v) is 3.72. The summed E-state index contributed by atoms with van der Waals surface area (Å²) in [5.41, 5.74) is 9.73. The van der Waals surface area contributed by atoms with Gasteiger partial charge in [-0.05, 0) is 54.6 Å². The van der Waals surface area contributed by atoms with E-state index in [-0.39, 0.29) is 6.03 Å². The van der Waals surface area contributed by atoms with E-state index in [9.17, 15) is 4.79 Å². The molecule has 2 aromatic heterocycles. The van der Waals surface area contributed by atoms with Crippen LogP contribution in [0.15, 0.2) is 42.7 Å². The maximum atomic E-state index is 11.7. The zero-order chi connectivity index (χ0) is 17.1. The molecule has 0 unspecified atom stereocenters. The van der Waals surface area contributed by atoms with Crippen molar-refractivity contribution in [3.05, 3.63) is 48.4 Å². The summed E-state index contributed by atoms with van der Waals surface area (Å²) in [6.07, 6.45) is 3.46. The normalized spacial score (nSPS) is 10.6. The van der Waals surface area contributed by atoms with Gasteiger partial charge in [-0.2, -0.15) is 0 Å². The summed E-state index contributed by atoms with van der Waals surface area (Å²) < 4.78 is 0. The Hall–Kier alpha value is -3.15. The first-order chi connectivity index (χ1) is 11.6. The predicted octanol–water partition coefficient (Wildman–Crippen LogP) is 3.33. The lowest BCUT2D eigenvalue weighted by Gasteiger charge is -2.12. The van der Waals surface area contributed by atoms with Gasteiger partial charge in [0.05, 0.1) is 0 Å². The Balaban J connectivity index is 2.12. The lowest BCUT2D eigenvalue weighted by molar-refractivity contribution is 0.252. The number of hydrogen-bond acceptors (Lipinski definition) is 4. The molecule has 0 aliphatic carbocycles. The molecule has 3 aromatic rings. The van der Waals surface area contributed by atoms with Crippen molar-refractivity contribution in [1.82, 2.24) is 15.3 Å². The molecule has 0 spiro atoms. The van der Waals surface area contributed by atoms with Crippen LogP contribution in [0.1, 0.15) is 12.6 Å². The molecule has 0 radical (unpaired) electrons. The highest BCUT2D eigenvalue weighted by molar-refractivity contribution is 6.04. The summed E-state index contributed by atoms with van der Waals surface area (Å²) >= 11 is 0. The number of nitrogen functional groups attached to an aromatic ring is 1. The van der Waals surface area contributed by atoms with E-state index in [1.165, 1.54) is 0 Å². The quantitative estimate of drug-likeness (QED) is 0.645. The van der Waals surface area contributed by atoms with Crippen molar-refractivity contribution in [3.63, 3.8) is 0 Å². The number of benzene rings is 1. The molecule has 0 saturated heterocycles. The maximum absolute atomic E-state index is 11.7. The first kappa shape index (κ1) is 15.7. The average Bonchev–Trinajstić information content (AvgIpc) is 2.55. The topological polar surface area (TPSA) is 92.9 Å². The van der Waals surface area contributed by atoms with E-state index in [1.54, 1.807) is 12.4 Å². The predicted molar refractivity (Wildman–Crippen MR) is 96.8 cm³/mol. The standard InChI is InChI=1S/C18H19N5O/c1-3-20-18(24)23-17-9-14-13(12-6-7-21-11(2)8-12)4-5-16(19)15(14)10-22-17/h4-10H,3,19H2,1-2H3,(H2,20,22,23,24). The van der Waals surface area contributed by atoms with Gasteiger partial charge < -0.3 is 11.1 Å². The Labute approximate surface area is 140 Å². The molecule has 4 N–H and O–H groups in total. The molecule has 122 valence electrons. The van der Waals surface area contributed by atoms with Crippen molar-refractivity contribution in [1.29, 1.82) is 0 Å². The molecule has 0 aliphatic heterocycles. The number of urea groups is 1. The van der Waals surface area contributed by atoms with Crippen molar-refractivity contribution in [3.8, 4) is 11.1 Å². The number of nitrogens with one attached hydrogen (secondary N) is 2. The molecule has 1 aromatic carbocycles. The molecule has 6 heteroatoms. The highest BCUT2D eigenvalue weighted by Gasteiger charge is 2.10. The summed E-state index contributed by atoms with van der Waals surface area (Å²) in [4.78, 5) is 20.2. The number of carbonyl (C=O) groups excluding carboxylic acids is 1. The Morgan fingerprint density at radius 2 is 2.00 bits per heavy atom. The molecule has 0 fully saturated rings. The Kier molecular flexibility index (Phi) is 4.29. The fourth-order valence-electron chi connectivity index (χ4n) is 2.62. The van der Waals surface area contributed by atoms with Crippen LogP contribution in [0.3, 0.4) is 0 Å². The van der Waals surface area contributed by atoms with E-state index in [1.807, 2.05) is 44.2 Å². The third kappa shape index (κ3) is 3.12. The summed E-state index contributed by atoms with van der Waals surface area (Å²) in [5.74, 6) is 0.478. The van der Waals surface area contributed by atoms with E-state index >= 15 is 0 Å². The number of aryl methyl sites for hydroxylation is 1. The van der Waals surface area contributed by atoms with Crippen LogP contribution in [0, 0.1) is 6.92 Å². The number of hydrogen-bond donors (Lipinski definition) is 3. The van der Waals surface area contributed by atoms with Crippen LogP contribution in [0.4, 0.5) is 16.3 Å². The van der Waals surface area contributed by atoms with Gasteiger partial charge in [0.15, 0.2) is 0 Å². The first-order valence-corrected chi connectivity index (χ1v) is 7.74. The van der Waals surface area contributed by atoms with Crippen molar-refractivity contribution in [2.24, 2.45) is 0 Å². The fraction of sp³-hybridized carbons (Fsp3) is 0.167. The van der Waals surface area contributed by atoms with Crippen LogP contribution < -0.4 is 16.4 Å². The SMILES string of the molecule is CCNC(=O)Nc1cc2c(-c3ccnc(C)c3)ccc(N)c2cn1. The van der Waals surface area contributed by atoms with E-state index in [0.29, 0.717) is 18.1 Å². The minimum Gasteiger partial charge on any atom is -0.398 e. The van der Waals surface area contributed by atoms with Gasteiger partial charge >= 0.3 is 6.03 Å². The lowest BCUT2D eigenvalue weighted by Crippen LogP contribution is -2.28. The zero-order valence-electron chi connectivity index (χ0n) is 13.6. The molecule has 2 amide bonds. The van der Waals surface area contributed by atoms with Crippen LogP contribution in [-0.2, 0) is 0 Å². The smallest absolute Gasteiger partial charge is 0.320 e. The minimum atomic E-state index is -0.283. The molecule has 0 atom stereocenters. The number of fused-ring (bicyclic) bond motifs is 1. The lowest BCUT2D eigenvalue weighted by atomic mass is 9.98. The number of amides is 2. The molecule has 24 heavy (non-hydrogen) atoms. The molecule has 0 saturated carbocycles. The summed E-state index contributed by atoms with van der Waals surface area (Å²) in [6.45, 7) is 4.36. The Morgan fingerprint density at radius 1 is 1.17 bits per heavy atom. The van der Waals surface area contributed by atoms with E-state index in [4.69, 9.17) is 5.73 Å². The van der Waals surface area contributed by atoms with Gasteiger partial charge in [0.25, 0.3) is 0 Å². The highest BCUT2D eigenvalue weighted by atomic mass is 16.2. The third-order valence-electron chi connectivity index (χ3n) is 3.72.